The molecule has 0 saturated heterocycles. The summed E-state index contributed by atoms with van der Waals surface area (Å²) in [6.45, 7) is 0. The number of halogens is 1. The van der Waals surface area contributed by atoms with E-state index in [1.165, 1.54) is 22.7 Å². The van der Waals surface area contributed by atoms with Crippen LogP contribution in [0.4, 0.5) is 0 Å². The van der Waals surface area contributed by atoms with Crippen molar-refractivity contribution in [1.82, 2.24) is 9.38 Å². The summed E-state index contributed by atoms with van der Waals surface area (Å²) in [5.74, 6) is -1.23. The van der Waals surface area contributed by atoms with Gasteiger partial charge in [-0.05, 0) is 12.1 Å². The number of aromatic nitrogens is 2. The molecule has 0 radical (unpaired) electrons. The average Bonchev–Trinajstić information content (AvgIpc) is 2.65. The highest BCUT2D eigenvalue weighted by Gasteiger charge is 2.20. The number of aromatic carboxylic acids is 1. The highest BCUT2D eigenvalue weighted by atomic mass is 35.5. The summed E-state index contributed by atoms with van der Waals surface area (Å²) in [5.41, 5.74) is 0.173. The average molecular weight is 291 g/mol. The van der Waals surface area contributed by atoms with E-state index >= 15 is 0 Å². The summed E-state index contributed by atoms with van der Waals surface area (Å²) in [6, 6.07) is 2.89. The molecule has 0 aliphatic rings. The minimum Gasteiger partial charge on any atom is -0.476 e. The Hall–Kier alpha value is -1.40. The third-order valence-corrected chi connectivity index (χ3v) is 3.31. The van der Waals surface area contributed by atoms with Crippen LogP contribution in [0, 0.1) is 0 Å². The van der Waals surface area contributed by atoms with Crippen LogP contribution >= 0.6 is 19.2 Å². The molecule has 2 aromatic heterocycles. The van der Waals surface area contributed by atoms with Crippen molar-refractivity contribution in [2.75, 3.05) is 0 Å². The van der Waals surface area contributed by atoms with E-state index in [0.717, 1.165) is 0 Å². The molecule has 2 heterocycles. The van der Waals surface area contributed by atoms with E-state index in [-0.39, 0.29) is 22.1 Å². The largest absolute Gasteiger partial charge is 0.476 e. The first-order valence-electron chi connectivity index (χ1n) is 4.72. The van der Waals surface area contributed by atoms with Crippen LogP contribution in [0.5, 0.6) is 0 Å². The Balaban J connectivity index is 2.66. The second-order valence-electron chi connectivity index (χ2n) is 3.61. The highest BCUT2D eigenvalue weighted by Crippen LogP contribution is 2.40. The number of pyridine rings is 1. The number of hydrogen-bond donors (Lipinski definition) is 3. The maximum atomic E-state index is 11.0. The molecular weight excluding hydrogens is 283 g/mol. The van der Waals surface area contributed by atoms with Gasteiger partial charge >= 0.3 is 13.6 Å². The van der Waals surface area contributed by atoms with Gasteiger partial charge in [-0.2, -0.15) is 0 Å². The van der Waals surface area contributed by atoms with E-state index in [1.54, 1.807) is 0 Å². The molecule has 0 spiro atoms. The second-order valence-corrected chi connectivity index (χ2v) is 5.66. The predicted molar refractivity (Wildman–Crippen MR) is 62.9 cm³/mol. The van der Waals surface area contributed by atoms with Gasteiger partial charge in [-0.1, -0.05) is 11.6 Å². The molecule has 3 N–H and O–H groups in total. The van der Waals surface area contributed by atoms with E-state index in [2.05, 4.69) is 4.98 Å². The lowest BCUT2D eigenvalue weighted by Crippen LogP contribution is -1.98. The Bertz CT molecular complexity index is 677. The summed E-state index contributed by atoms with van der Waals surface area (Å²) in [6.07, 6.45) is 0.590. The first-order chi connectivity index (χ1) is 8.28. The molecule has 0 aliphatic heterocycles. The van der Waals surface area contributed by atoms with Crippen molar-refractivity contribution >= 4 is 30.8 Å². The first kappa shape index (κ1) is 13.0. The van der Waals surface area contributed by atoms with Crippen molar-refractivity contribution in [2.24, 2.45) is 0 Å². The standard InChI is InChI=1S/C9H8ClN2O5P/c10-5-1-2-8-11-6(9(13)14)3-12(8)7(5)4-18(15,16)17/h1-3H,4H2,(H,13,14)(H2,15,16,17). The van der Waals surface area contributed by atoms with Gasteiger partial charge in [-0.25, -0.2) is 9.78 Å². The lowest BCUT2D eigenvalue weighted by molar-refractivity contribution is 0.0691. The molecule has 0 fully saturated rings. The van der Waals surface area contributed by atoms with Crippen molar-refractivity contribution in [3.8, 4) is 0 Å². The summed E-state index contributed by atoms with van der Waals surface area (Å²) in [5, 5.41) is 8.96. The minimum atomic E-state index is -4.31. The van der Waals surface area contributed by atoms with Crippen LogP contribution in [0.3, 0.4) is 0 Å². The van der Waals surface area contributed by atoms with Crippen molar-refractivity contribution < 1.29 is 24.3 Å². The normalized spacial score (nSPS) is 11.9. The van der Waals surface area contributed by atoms with Gasteiger partial charge in [-0.3, -0.25) is 4.57 Å². The number of rotatable bonds is 3. The zero-order valence-electron chi connectivity index (χ0n) is 8.82. The quantitative estimate of drug-likeness (QED) is 0.736. The smallest absolute Gasteiger partial charge is 0.356 e. The van der Waals surface area contributed by atoms with Gasteiger partial charge in [0.15, 0.2) is 5.69 Å². The van der Waals surface area contributed by atoms with Crippen LogP contribution < -0.4 is 0 Å². The van der Waals surface area contributed by atoms with E-state index < -0.39 is 19.7 Å². The molecule has 0 bridgehead atoms. The zero-order chi connectivity index (χ0) is 13.5. The number of nitrogens with zero attached hydrogens (tertiary/aromatic N) is 2. The maximum absolute atomic E-state index is 11.0. The van der Waals surface area contributed by atoms with Crippen molar-refractivity contribution in [2.45, 2.75) is 6.16 Å². The van der Waals surface area contributed by atoms with Gasteiger partial charge in [0.1, 0.15) is 5.65 Å². The summed E-state index contributed by atoms with van der Waals surface area (Å²) in [4.78, 5) is 32.5. The van der Waals surface area contributed by atoms with Gasteiger partial charge in [0.25, 0.3) is 0 Å². The molecule has 0 saturated carbocycles. The fraction of sp³-hybridized carbons (Fsp3) is 0.111. The molecule has 0 unspecified atom stereocenters. The molecule has 18 heavy (non-hydrogen) atoms. The van der Waals surface area contributed by atoms with Crippen molar-refractivity contribution in [3.63, 3.8) is 0 Å². The number of hydrogen-bond acceptors (Lipinski definition) is 3. The molecule has 2 aromatic rings. The molecule has 0 atom stereocenters. The minimum absolute atomic E-state index is 0.127. The molecule has 9 heteroatoms. The molecule has 0 aromatic carbocycles. The van der Waals surface area contributed by atoms with Crippen LogP contribution in [-0.4, -0.2) is 30.2 Å². The van der Waals surface area contributed by atoms with Gasteiger partial charge in [0, 0.05) is 6.20 Å². The van der Waals surface area contributed by atoms with Crippen molar-refractivity contribution in [3.05, 3.63) is 34.7 Å². The summed E-state index contributed by atoms with van der Waals surface area (Å²) >= 11 is 5.86. The Morgan fingerprint density at radius 1 is 1.44 bits per heavy atom. The van der Waals surface area contributed by atoms with Gasteiger partial charge in [-0.15, -0.1) is 0 Å². The van der Waals surface area contributed by atoms with Gasteiger partial charge < -0.3 is 19.3 Å². The molecule has 0 amide bonds. The van der Waals surface area contributed by atoms with Crippen LogP contribution in [0.15, 0.2) is 18.3 Å². The van der Waals surface area contributed by atoms with E-state index in [4.69, 9.17) is 26.5 Å². The molecule has 96 valence electrons. The first-order valence-corrected chi connectivity index (χ1v) is 6.90. The molecule has 0 aliphatic carbocycles. The lowest BCUT2D eigenvalue weighted by Gasteiger charge is -2.08. The van der Waals surface area contributed by atoms with Crippen LogP contribution in [0.1, 0.15) is 16.2 Å². The molecule has 7 nitrogen and oxygen atoms in total. The Kier molecular flexibility index (Phi) is 3.16. The SMILES string of the molecule is O=C(O)c1cn2c(CP(=O)(O)O)c(Cl)ccc2n1. The van der Waals surface area contributed by atoms with Gasteiger partial charge in [0.05, 0.1) is 16.9 Å². The molecular formula is C9H8ClN2O5P. The highest BCUT2D eigenvalue weighted by molar-refractivity contribution is 7.50. The van der Waals surface area contributed by atoms with Gasteiger partial charge in [0.2, 0.25) is 0 Å². The molecule has 2 rings (SSSR count). The Morgan fingerprint density at radius 2 is 2.11 bits per heavy atom. The number of carboxylic acid groups (broad SMARTS) is 1. The third-order valence-electron chi connectivity index (χ3n) is 2.25. The Labute approximate surface area is 106 Å². The van der Waals surface area contributed by atoms with E-state index in [1.807, 2.05) is 0 Å². The van der Waals surface area contributed by atoms with Crippen molar-refractivity contribution in [1.29, 1.82) is 0 Å². The Morgan fingerprint density at radius 3 is 2.67 bits per heavy atom. The monoisotopic (exact) mass is 290 g/mol. The topological polar surface area (TPSA) is 112 Å². The fourth-order valence-corrected chi connectivity index (χ4v) is 2.56. The van der Waals surface area contributed by atoms with Crippen LogP contribution in [-0.2, 0) is 10.7 Å². The predicted octanol–water partition coefficient (Wildman–Crippen LogP) is 1.36. The number of carbonyl (C=O) groups is 1. The maximum Gasteiger partial charge on any atom is 0.356 e. The number of imidazole rings is 1. The number of fused-ring (bicyclic) bond motifs is 1. The summed E-state index contributed by atoms with van der Waals surface area (Å²) in [7, 11) is -4.31. The zero-order valence-corrected chi connectivity index (χ0v) is 10.5. The summed E-state index contributed by atoms with van der Waals surface area (Å²) < 4.78 is 12.3. The third kappa shape index (κ3) is 2.54. The van der Waals surface area contributed by atoms with Crippen LogP contribution in [0.2, 0.25) is 5.02 Å². The van der Waals surface area contributed by atoms with Crippen LogP contribution in [0.25, 0.3) is 5.65 Å². The number of carboxylic acids is 1. The second kappa shape index (κ2) is 4.37. The van der Waals surface area contributed by atoms with E-state index in [0.29, 0.717) is 0 Å². The lowest BCUT2D eigenvalue weighted by atomic mass is 10.3. The fourth-order valence-electron chi connectivity index (χ4n) is 1.54. The van der Waals surface area contributed by atoms with E-state index in [9.17, 15) is 9.36 Å².